The minimum atomic E-state index is -0.756. The summed E-state index contributed by atoms with van der Waals surface area (Å²) in [5, 5.41) is 30.8. The minimum Gasteiger partial charge on any atom is -0.481 e. The lowest BCUT2D eigenvalue weighted by Gasteiger charge is -2.57. The molecular weight excluding hydrogens is 566 g/mol. The summed E-state index contributed by atoms with van der Waals surface area (Å²) in [4.78, 5) is 35.4. The molecule has 0 aromatic rings. The third-order valence-corrected chi connectivity index (χ3v) is 10.2. The third kappa shape index (κ3) is 12.2. The highest BCUT2D eigenvalue weighted by Crippen LogP contribution is 2.55. The fraction of sp³-hybridized carbons (Fsp3) is 0.919. The van der Waals surface area contributed by atoms with Crippen molar-refractivity contribution in [2.24, 2.45) is 17.3 Å². The van der Waals surface area contributed by atoms with E-state index in [0.29, 0.717) is 31.5 Å². The number of Topliss-reactive ketones (excluding diaryl/α,β-unsaturated/α-hetero) is 1. The molecule has 3 rings (SSSR count). The number of hydrogen-bond acceptors (Lipinski definition) is 6. The van der Waals surface area contributed by atoms with Crippen molar-refractivity contribution in [3.63, 3.8) is 0 Å². The summed E-state index contributed by atoms with van der Waals surface area (Å²) in [5.41, 5.74) is -1.22. The third-order valence-electron chi connectivity index (χ3n) is 10.2. The molecule has 8 nitrogen and oxygen atoms in total. The molecule has 0 amide bonds. The number of nitrogens with one attached hydrogen (secondary N) is 3. The Bertz CT molecular complexity index is 955. The van der Waals surface area contributed by atoms with E-state index >= 15 is 0 Å². The molecule has 45 heavy (non-hydrogen) atoms. The molecule has 0 aliphatic carbocycles. The fourth-order valence-electron chi connectivity index (χ4n) is 9.85. The Hall–Kier alpha value is -1.51. The molecule has 3 heterocycles. The van der Waals surface area contributed by atoms with Crippen LogP contribution in [0.2, 0.25) is 0 Å². The number of aliphatic carboxylic acids is 2. The van der Waals surface area contributed by atoms with E-state index in [9.17, 15) is 19.5 Å². The molecule has 0 spiro atoms. The van der Waals surface area contributed by atoms with Crippen molar-refractivity contribution in [3.8, 4) is 0 Å². The van der Waals surface area contributed by atoms with Gasteiger partial charge in [0, 0.05) is 52.5 Å². The lowest BCUT2D eigenvalue weighted by molar-refractivity contribution is -0.166. The Balaban J connectivity index is 0.000000537. The molecule has 0 unspecified atom stereocenters. The summed E-state index contributed by atoms with van der Waals surface area (Å²) in [6.45, 7) is 26.0. The van der Waals surface area contributed by atoms with Crippen LogP contribution in [0.15, 0.2) is 0 Å². The highest BCUT2D eigenvalue weighted by atomic mass is 16.4. The molecule has 0 aromatic carbocycles. The highest BCUT2D eigenvalue weighted by Gasteiger charge is 2.58. The second-order valence-corrected chi connectivity index (χ2v) is 18.8. The van der Waals surface area contributed by atoms with Gasteiger partial charge in [-0.05, 0) is 133 Å². The minimum absolute atomic E-state index is 0.0150. The summed E-state index contributed by atoms with van der Waals surface area (Å²) in [6.07, 6.45) is 10.1. The van der Waals surface area contributed by atoms with Gasteiger partial charge in [-0.2, -0.15) is 0 Å². The topological polar surface area (TPSA) is 128 Å². The van der Waals surface area contributed by atoms with E-state index in [2.05, 4.69) is 99.0 Å². The number of ketones is 1. The van der Waals surface area contributed by atoms with Gasteiger partial charge in [-0.15, -0.1) is 0 Å². The Morgan fingerprint density at radius 1 is 0.600 bits per heavy atom. The number of hydrogen-bond donors (Lipinski definition) is 5. The van der Waals surface area contributed by atoms with Crippen LogP contribution in [0.25, 0.3) is 0 Å². The largest absolute Gasteiger partial charge is 0.481 e. The zero-order chi connectivity index (χ0) is 34.7. The quantitative estimate of drug-likeness (QED) is 0.148. The predicted molar refractivity (Wildman–Crippen MR) is 184 cm³/mol. The molecule has 0 saturated carbocycles. The van der Waals surface area contributed by atoms with Gasteiger partial charge in [-0.25, -0.2) is 0 Å². The van der Waals surface area contributed by atoms with E-state index in [1.165, 1.54) is 0 Å². The van der Waals surface area contributed by atoms with Gasteiger partial charge in [0.2, 0.25) is 0 Å². The van der Waals surface area contributed by atoms with Crippen LogP contribution in [0.4, 0.5) is 0 Å². The molecule has 262 valence electrons. The van der Waals surface area contributed by atoms with Crippen LogP contribution < -0.4 is 16.0 Å². The van der Waals surface area contributed by atoms with Crippen molar-refractivity contribution in [1.82, 2.24) is 16.0 Å². The van der Waals surface area contributed by atoms with E-state index in [4.69, 9.17) is 5.11 Å². The predicted octanol–water partition coefficient (Wildman–Crippen LogP) is 7.48. The van der Waals surface area contributed by atoms with Crippen molar-refractivity contribution in [3.05, 3.63) is 0 Å². The summed E-state index contributed by atoms with van der Waals surface area (Å²) in [5.74, 6) is -0.762. The number of carboxylic acids is 2. The van der Waals surface area contributed by atoms with Crippen LogP contribution >= 0.6 is 0 Å². The van der Waals surface area contributed by atoms with Crippen LogP contribution in [-0.2, 0) is 14.4 Å². The van der Waals surface area contributed by atoms with Crippen molar-refractivity contribution in [2.45, 2.75) is 200 Å². The van der Waals surface area contributed by atoms with Crippen LogP contribution in [0.1, 0.15) is 167 Å². The number of carboxylic acid groups (broad SMARTS) is 2. The van der Waals surface area contributed by atoms with Gasteiger partial charge in [0.1, 0.15) is 5.78 Å². The lowest BCUT2D eigenvalue weighted by Crippen LogP contribution is -2.65. The standard InChI is InChI=1S/C28H52N2O4.C9H17NO/c1-24(2)16-20(17-25(3,4)29-24)28(23(33)34,15-13-11-9-10-12-14-22(31)32)21-18-26(5,6)30-27(7,8)19-21;1-8(2)5-7(11)6-9(3,4)10-8/h20-21,29-30H,9-19H2,1-8H3,(H,31,32)(H,33,34);10H,5-6H2,1-4H3. The first-order valence-corrected chi connectivity index (χ1v) is 17.6. The molecule has 3 aliphatic rings. The second kappa shape index (κ2) is 14.3. The molecule has 3 aliphatic heterocycles. The Kier molecular flexibility index (Phi) is 12.6. The maximum atomic E-state index is 13.4. The molecular formula is C37H69N3O5. The molecule has 5 N–H and O–H groups in total. The monoisotopic (exact) mass is 636 g/mol. The number of rotatable bonds is 11. The maximum Gasteiger partial charge on any atom is 0.310 e. The van der Waals surface area contributed by atoms with Crippen molar-refractivity contribution in [1.29, 1.82) is 0 Å². The Labute approximate surface area is 275 Å². The van der Waals surface area contributed by atoms with Crippen molar-refractivity contribution in [2.75, 3.05) is 0 Å². The molecule has 0 aromatic heterocycles. The van der Waals surface area contributed by atoms with Gasteiger partial charge < -0.3 is 26.2 Å². The summed E-state index contributed by atoms with van der Waals surface area (Å²) in [7, 11) is 0. The fourth-order valence-corrected chi connectivity index (χ4v) is 9.85. The van der Waals surface area contributed by atoms with Crippen molar-refractivity contribution < 1.29 is 24.6 Å². The first-order valence-electron chi connectivity index (χ1n) is 17.6. The van der Waals surface area contributed by atoms with Gasteiger partial charge in [0.05, 0.1) is 5.41 Å². The number of unbranched alkanes of at least 4 members (excludes halogenated alkanes) is 4. The van der Waals surface area contributed by atoms with Crippen molar-refractivity contribution >= 4 is 17.7 Å². The number of piperidine rings is 3. The summed E-state index contributed by atoms with van der Waals surface area (Å²) in [6, 6.07) is 0. The Morgan fingerprint density at radius 3 is 1.27 bits per heavy atom. The van der Waals surface area contributed by atoms with E-state index in [1.807, 2.05) is 0 Å². The van der Waals surface area contributed by atoms with Gasteiger partial charge >= 0.3 is 11.9 Å². The smallest absolute Gasteiger partial charge is 0.310 e. The van der Waals surface area contributed by atoms with Gasteiger partial charge in [0.25, 0.3) is 0 Å². The summed E-state index contributed by atoms with van der Waals surface area (Å²) >= 11 is 0. The molecule has 3 saturated heterocycles. The van der Waals surface area contributed by atoms with E-state index < -0.39 is 17.4 Å². The van der Waals surface area contributed by atoms with Crippen LogP contribution in [0.5, 0.6) is 0 Å². The molecule has 3 fully saturated rings. The van der Waals surface area contributed by atoms with Crippen LogP contribution in [0.3, 0.4) is 0 Å². The SMILES string of the molecule is CC1(C)CC(=O)CC(C)(C)N1.CC1(C)CC(C(CCCCCCCC(=O)O)(C(=O)O)C2CC(C)(C)NC(C)(C)C2)CC(C)(C)N1. The van der Waals surface area contributed by atoms with Gasteiger partial charge in [0.15, 0.2) is 0 Å². The van der Waals surface area contributed by atoms with Crippen LogP contribution in [-0.4, -0.2) is 61.2 Å². The first kappa shape index (κ1) is 39.7. The number of carbonyl (C=O) groups is 3. The normalized spacial score (nSPS) is 25.6. The zero-order valence-electron chi connectivity index (χ0n) is 31.0. The molecule has 0 radical (unpaired) electrons. The average molecular weight is 636 g/mol. The van der Waals surface area contributed by atoms with Gasteiger partial charge in [-0.1, -0.05) is 25.7 Å². The Morgan fingerprint density at radius 2 is 0.933 bits per heavy atom. The van der Waals surface area contributed by atoms with Gasteiger partial charge in [-0.3, -0.25) is 14.4 Å². The van der Waals surface area contributed by atoms with Crippen LogP contribution in [0, 0.1) is 17.3 Å². The molecule has 0 bridgehead atoms. The lowest BCUT2D eigenvalue weighted by atomic mass is 9.52. The second-order valence-electron chi connectivity index (χ2n) is 18.8. The highest BCUT2D eigenvalue weighted by molar-refractivity contribution is 5.81. The van der Waals surface area contributed by atoms with E-state index in [0.717, 1.165) is 51.4 Å². The molecule has 0 atom stereocenters. The van der Waals surface area contributed by atoms with E-state index in [1.54, 1.807) is 0 Å². The van der Waals surface area contributed by atoms with E-state index in [-0.39, 0.29) is 51.5 Å². The molecule has 8 heteroatoms. The summed E-state index contributed by atoms with van der Waals surface area (Å²) < 4.78 is 0. The zero-order valence-corrected chi connectivity index (χ0v) is 31.0. The maximum absolute atomic E-state index is 13.4. The average Bonchev–Trinajstić information content (AvgIpc) is 2.74. The first-order chi connectivity index (χ1) is 20.2. The number of carbonyl (C=O) groups excluding carboxylic acids is 1.